The summed E-state index contributed by atoms with van der Waals surface area (Å²) < 4.78 is 24.2. The van der Waals surface area contributed by atoms with Crippen LogP contribution >= 0.6 is 0 Å². The number of nitrogens with zero attached hydrogens (tertiary/aromatic N) is 2. The summed E-state index contributed by atoms with van der Waals surface area (Å²) in [4.78, 5) is 2.50. The quantitative estimate of drug-likeness (QED) is 0.271. The summed E-state index contributed by atoms with van der Waals surface area (Å²) >= 11 is 0. The lowest BCUT2D eigenvalue weighted by molar-refractivity contribution is -0.221. The second-order valence-electron chi connectivity index (χ2n) is 19.8. The number of piperidine rings is 1. The highest BCUT2D eigenvalue weighted by Gasteiger charge is 2.70. The molecule has 5 nitrogen and oxygen atoms in total. The molecule has 0 aromatic carbocycles. The van der Waals surface area contributed by atoms with Gasteiger partial charge < -0.3 is 10.2 Å². The van der Waals surface area contributed by atoms with Crippen molar-refractivity contribution in [2.75, 3.05) is 32.4 Å². The van der Waals surface area contributed by atoms with Crippen LogP contribution in [0.1, 0.15) is 125 Å². The number of fused-ring (bicyclic) bond motifs is 7. The van der Waals surface area contributed by atoms with Gasteiger partial charge in [0.05, 0.1) is 17.2 Å². The van der Waals surface area contributed by atoms with Gasteiger partial charge in [-0.15, -0.1) is 0 Å². The van der Waals surface area contributed by atoms with Crippen molar-refractivity contribution in [2.45, 2.75) is 136 Å². The van der Waals surface area contributed by atoms with Crippen molar-refractivity contribution in [2.24, 2.45) is 57.2 Å². The molecule has 7 aliphatic rings. The third-order valence-electron chi connectivity index (χ3n) is 17.3. The van der Waals surface area contributed by atoms with E-state index >= 15 is 0 Å². The largest absolute Gasteiger partial charge is 0.310 e. The van der Waals surface area contributed by atoms with Gasteiger partial charge in [-0.05, 0) is 160 Å². The van der Waals surface area contributed by atoms with Crippen LogP contribution in [-0.2, 0) is 9.84 Å². The van der Waals surface area contributed by atoms with Gasteiger partial charge in [-0.2, -0.15) is 5.26 Å². The summed E-state index contributed by atoms with van der Waals surface area (Å²) in [6.07, 6.45) is 21.8. The average Bonchev–Trinajstić information content (AvgIpc) is 3.40. The van der Waals surface area contributed by atoms with Crippen molar-refractivity contribution in [3.8, 4) is 6.07 Å². The van der Waals surface area contributed by atoms with E-state index in [1.807, 2.05) is 0 Å². The Morgan fingerprint density at radius 3 is 2.35 bits per heavy atom. The summed E-state index contributed by atoms with van der Waals surface area (Å²) in [6.45, 7) is 24.0. The molecule has 1 heterocycles. The minimum Gasteiger partial charge on any atom is -0.310 e. The van der Waals surface area contributed by atoms with Gasteiger partial charge in [0, 0.05) is 24.9 Å². The van der Waals surface area contributed by atoms with E-state index in [9.17, 15) is 13.7 Å². The Labute approximate surface area is 299 Å². The molecule has 1 saturated heterocycles. The van der Waals surface area contributed by atoms with Crippen LogP contribution < -0.4 is 5.32 Å². The lowest BCUT2D eigenvalue weighted by Crippen LogP contribution is -2.68. The molecule has 9 unspecified atom stereocenters. The zero-order chi connectivity index (χ0) is 35.2. The Morgan fingerprint density at radius 2 is 1.69 bits per heavy atom. The maximum Gasteiger partial charge on any atom is 0.150 e. The van der Waals surface area contributed by atoms with E-state index in [1.54, 1.807) is 5.57 Å². The van der Waals surface area contributed by atoms with Gasteiger partial charge in [0.2, 0.25) is 0 Å². The number of likely N-dealkylation sites (tertiary alicyclic amines) is 1. The van der Waals surface area contributed by atoms with Crippen LogP contribution in [-0.4, -0.2) is 56.5 Å². The lowest BCUT2D eigenvalue weighted by Gasteiger charge is -2.72. The van der Waals surface area contributed by atoms with Crippen LogP contribution in [0.15, 0.2) is 35.5 Å². The Balaban J connectivity index is 1.10. The van der Waals surface area contributed by atoms with Gasteiger partial charge in [0.25, 0.3) is 0 Å². The smallest absolute Gasteiger partial charge is 0.150 e. The van der Waals surface area contributed by atoms with Crippen molar-refractivity contribution >= 4 is 9.84 Å². The molecule has 1 N–H and O–H groups in total. The van der Waals surface area contributed by atoms with Gasteiger partial charge in [-0.1, -0.05) is 64.5 Å². The number of hydrogen-bond donors (Lipinski definition) is 1. The Kier molecular flexibility index (Phi) is 9.05. The van der Waals surface area contributed by atoms with E-state index in [4.69, 9.17) is 0 Å². The molecule has 6 aliphatic carbocycles. The summed E-state index contributed by atoms with van der Waals surface area (Å²) in [5.74, 6) is 3.66. The van der Waals surface area contributed by atoms with Crippen LogP contribution in [0, 0.1) is 68.5 Å². The van der Waals surface area contributed by atoms with Crippen molar-refractivity contribution in [1.29, 1.82) is 5.26 Å². The number of hydrogen-bond acceptors (Lipinski definition) is 5. The molecule has 6 fully saturated rings. The molecule has 0 spiro atoms. The standard InChI is InChI=1S/C43H67N3O2S/c1-29(2)34-12-18-43(45-21-24-46-22-14-33(15-23-46)49(8,47)48)20-19-41(6)35(38(34)43)9-10-37-40(5)16-11-32(27-30-25-31(26-30)28-44)39(3,4)36(40)13-17-42(37,41)7/h11,27,31,33-38,45H,1,9-10,12-26H2,2-8H3. The SMILES string of the molecule is C=C(C)C1CCC2(NCCN3CCC(S(C)(=O)=O)CC3)CCC3(C)C(CCC4C5(C)CC=C(C=C6CC(C#N)C6)C(C)(C)C5CCC43C)C12. The molecule has 0 amide bonds. The molecule has 0 bridgehead atoms. The van der Waals surface area contributed by atoms with E-state index in [0.717, 1.165) is 63.7 Å². The molecule has 272 valence electrons. The van der Waals surface area contributed by atoms with Crippen molar-refractivity contribution in [1.82, 2.24) is 10.2 Å². The molecule has 0 aromatic heterocycles. The fourth-order valence-corrected chi connectivity index (χ4v) is 15.4. The minimum absolute atomic E-state index is 0.156. The predicted molar refractivity (Wildman–Crippen MR) is 201 cm³/mol. The molecule has 6 heteroatoms. The highest BCUT2D eigenvalue weighted by molar-refractivity contribution is 7.91. The number of nitrogens with one attached hydrogen (secondary N) is 1. The first-order valence-electron chi connectivity index (χ1n) is 20.1. The Morgan fingerprint density at radius 1 is 0.980 bits per heavy atom. The van der Waals surface area contributed by atoms with E-state index in [-0.39, 0.29) is 22.1 Å². The predicted octanol–water partition coefficient (Wildman–Crippen LogP) is 8.89. The van der Waals surface area contributed by atoms with Gasteiger partial charge >= 0.3 is 0 Å². The third-order valence-corrected chi connectivity index (χ3v) is 19.0. The molecular formula is C43H67N3O2S. The number of sulfone groups is 1. The van der Waals surface area contributed by atoms with E-state index < -0.39 is 9.84 Å². The summed E-state index contributed by atoms with van der Waals surface area (Å²) in [6, 6.07) is 2.47. The Hall–Kier alpha value is -1.42. The zero-order valence-corrected chi connectivity index (χ0v) is 32.9. The van der Waals surface area contributed by atoms with Crippen LogP contribution in [0.3, 0.4) is 0 Å². The molecule has 5 saturated carbocycles. The molecule has 7 rings (SSSR count). The monoisotopic (exact) mass is 689 g/mol. The van der Waals surface area contributed by atoms with Crippen molar-refractivity contribution in [3.63, 3.8) is 0 Å². The van der Waals surface area contributed by atoms with Gasteiger partial charge in [-0.25, -0.2) is 8.42 Å². The van der Waals surface area contributed by atoms with E-state index in [2.05, 4.69) is 76.6 Å². The fourth-order valence-electron chi connectivity index (χ4n) is 14.4. The van der Waals surface area contributed by atoms with Gasteiger partial charge in [0.15, 0.2) is 0 Å². The van der Waals surface area contributed by atoms with Crippen LogP contribution in [0.25, 0.3) is 0 Å². The summed E-state index contributed by atoms with van der Waals surface area (Å²) in [7, 11) is -2.93. The van der Waals surface area contributed by atoms with E-state index in [1.165, 1.54) is 75.2 Å². The van der Waals surface area contributed by atoms with E-state index in [0.29, 0.717) is 34.0 Å². The fraction of sp³-hybridized carbons (Fsp3) is 0.837. The zero-order valence-electron chi connectivity index (χ0n) is 32.0. The maximum absolute atomic E-state index is 12.1. The van der Waals surface area contributed by atoms with Crippen molar-refractivity contribution in [3.05, 3.63) is 35.5 Å². The first kappa shape index (κ1) is 36.0. The average molecular weight is 690 g/mol. The first-order valence-corrected chi connectivity index (χ1v) is 22.1. The number of rotatable bonds is 7. The second-order valence-corrected chi connectivity index (χ2v) is 22.1. The topological polar surface area (TPSA) is 73.2 Å². The first-order chi connectivity index (χ1) is 23.0. The highest BCUT2D eigenvalue weighted by atomic mass is 32.2. The van der Waals surface area contributed by atoms with Crippen LogP contribution in [0.2, 0.25) is 0 Å². The van der Waals surface area contributed by atoms with Crippen LogP contribution in [0.5, 0.6) is 0 Å². The van der Waals surface area contributed by atoms with Gasteiger partial charge in [0.1, 0.15) is 9.84 Å². The third kappa shape index (κ3) is 5.60. The highest BCUT2D eigenvalue weighted by Crippen LogP contribution is 2.76. The summed E-state index contributed by atoms with van der Waals surface area (Å²) in [5, 5.41) is 13.5. The normalized spacial score (nSPS) is 45.1. The number of nitriles is 1. The number of allylic oxidation sites excluding steroid dienone is 5. The molecule has 1 aliphatic heterocycles. The summed E-state index contributed by atoms with van der Waals surface area (Å²) in [5.41, 5.74) is 5.80. The minimum atomic E-state index is -2.93. The van der Waals surface area contributed by atoms with Crippen LogP contribution in [0.4, 0.5) is 0 Å². The lowest BCUT2D eigenvalue weighted by atomic mass is 9.33. The maximum atomic E-state index is 12.1. The molecule has 0 aromatic rings. The molecule has 0 radical (unpaired) electrons. The molecule has 49 heavy (non-hydrogen) atoms. The second kappa shape index (κ2) is 12.3. The van der Waals surface area contributed by atoms with Gasteiger partial charge in [-0.3, -0.25) is 0 Å². The molecular weight excluding hydrogens is 623 g/mol. The van der Waals surface area contributed by atoms with Crippen molar-refractivity contribution < 1.29 is 8.42 Å². The molecule has 9 atom stereocenters. The Bertz CT molecular complexity index is 1540.